The van der Waals surface area contributed by atoms with Crippen molar-refractivity contribution in [2.45, 2.75) is 61.1 Å². The average molecular weight is 489 g/mol. The summed E-state index contributed by atoms with van der Waals surface area (Å²) in [7, 11) is 23.0. The summed E-state index contributed by atoms with van der Waals surface area (Å²) in [6, 6.07) is 6.64. The molecule has 180 valence electrons. The third kappa shape index (κ3) is 5.52. The van der Waals surface area contributed by atoms with E-state index in [0.29, 0.717) is 18.4 Å². The maximum atomic E-state index is 6.57. The van der Waals surface area contributed by atoms with Crippen molar-refractivity contribution in [3.63, 3.8) is 0 Å². The molecule has 2 nitrogen and oxygen atoms in total. The van der Waals surface area contributed by atoms with E-state index in [-0.39, 0.29) is 16.1 Å². The van der Waals surface area contributed by atoms with E-state index < -0.39 is 0 Å². The Morgan fingerprint density at radius 2 is 1.42 bits per heavy atom. The molecule has 0 spiro atoms. The van der Waals surface area contributed by atoms with E-state index in [4.69, 9.17) is 17.3 Å². The zero-order valence-electron chi connectivity index (χ0n) is 25.1. The van der Waals surface area contributed by atoms with Crippen LogP contribution in [0.3, 0.4) is 0 Å². The van der Waals surface area contributed by atoms with Crippen molar-refractivity contribution in [1.29, 1.82) is 0 Å². The molecule has 1 aliphatic carbocycles. The van der Waals surface area contributed by atoms with Gasteiger partial charge in [-0.05, 0) is 74.2 Å². The van der Waals surface area contributed by atoms with Gasteiger partial charge in [0.1, 0.15) is 78.5 Å². The van der Waals surface area contributed by atoms with Gasteiger partial charge in [0.25, 0.3) is 0 Å². The van der Waals surface area contributed by atoms with Crippen LogP contribution in [0.1, 0.15) is 61.6 Å². The van der Waals surface area contributed by atoms with Gasteiger partial charge in [-0.2, -0.15) is 0 Å². The van der Waals surface area contributed by atoms with Gasteiger partial charge in [-0.3, -0.25) is 0 Å². The van der Waals surface area contributed by atoms with E-state index in [1.165, 1.54) is 38.4 Å². The molecule has 1 aliphatic rings. The first-order valence-corrected chi connectivity index (χ1v) is 14.2. The van der Waals surface area contributed by atoms with Gasteiger partial charge in [0, 0.05) is 16.5 Å². The van der Waals surface area contributed by atoms with Crippen LogP contribution in [0, 0.1) is 0 Å². The lowest BCUT2D eigenvalue weighted by Gasteiger charge is -2.57. The van der Waals surface area contributed by atoms with E-state index in [9.17, 15) is 0 Å². The number of nitrogens with zero attached hydrogens (tertiary/aromatic N) is 1. The van der Waals surface area contributed by atoms with Gasteiger partial charge >= 0.3 is 0 Å². The molecule has 0 fully saturated rings. The van der Waals surface area contributed by atoms with Crippen molar-refractivity contribution in [2.75, 3.05) is 6.54 Å². The fraction of sp³-hybridized carbons (Fsp3) is 0.478. The quantitative estimate of drug-likeness (QED) is 0.374. The molecule has 0 heterocycles. The monoisotopic (exact) mass is 490 g/mol. The molecule has 36 heavy (non-hydrogen) atoms. The van der Waals surface area contributed by atoms with Crippen LogP contribution in [0.15, 0.2) is 18.2 Å². The van der Waals surface area contributed by atoms with Crippen molar-refractivity contribution in [3.8, 4) is 0 Å². The Kier molecular flexibility index (Phi) is 8.67. The van der Waals surface area contributed by atoms with E-state index >= 15 is 0 Å². The van der Waals surface area contributed by atoms with E-state index in [0.717, 1.165) is 24.3 Å². The topological polar surface area (TPSA) is 29.3 Å². The molecule has 0 radical (unpaired) electrons. The maximum Gasteiger partial charge on any atom is 0.138 e. The SMILES string of the molecule is Bc1c(B)c(B)c([C@@H]2C[C@@H](CCC(C)(C)N(C(B)(B)B)C(B)(B)CN)c3cc(Cl)ccc32)c(B)c1B. The zero-order chi connectivity index (χ0) is 27.4. The summed E-state index contributed by atoms with van der Waals surface area (Å²) < 4.78 is 0. The Labute approximate surface area is 234 Å². The Balaban J connectivity index is 2.00. The number of hydrogen-bond donors (Lipinski definition) is 1. The largest absolute Gasteiger partial charge is 0.330 e. The lowest BCUT2D eigenvalue weighted by Crippen LogP contribution is -2.72. The van der Waals surface area contributed by atoms with E-state index in [1.807, 2.05) is 0 Å². The number of halogens is 1. The minimum atomic E-state index is -0.0770. The highest BCUT2D eigenvalue weighted by Gasteiger charge is 2.43. The molecule has 0 aliphatic heterocycles. The molecule has 2 N–H and O–H groups in total. The Morgan fingerprint density at radius 1 is 0.889 bits per heavy atom. The van der Waals surface area contributed by atoms with Gasteiger partial charge in [-0.15, -0.1) is 16.4 Å². The van der Waals surface area contributed by atoms with Gasteiger partial charge in [0.05, 0.1) is 0 Å². The number of benzene rings is 2. The summed E-state index contributed by atoms with van der Waals surface area (Å²) in [5.41, 5.74) is 18.0. The van der Waals surface area contributed by atoms with Crippen molar-refractivity contribution < 1.29 is 0 Å². The maximum absolute atomic E-state index is 6.57. The van der Waals surface area contributed by atoms with Crippen LogP contribution in [0.25, 0.3) is 0 Å². The smallest absolute Gasteiger partial charge is 0.138 e. The number of nitrogens with two attached hydrogens (primary N) is 1. The van der Waals surface area contributed by atoms with Crippen molar-refractivity contribution in [2.24, 2.45) is 5.73 Å². The molecule has 0 aromatic heterocycles. The minimum Gasteiger partial charge on any atom is -0.330 e. The first kappa shape index (κ1) is 29.8. The summed E-state index contributed by atoms with van der Waals surface area (Å²) >= 11 is 6.57. The van der Waals surface area contributed by atoms with Crippen LogP contribution in [0.4, 0.5) is 0 Å². The third-order valence-electron chi connectivity index (χ3n) is 9.28. The molecule has 2 aromatic rings. The highest BCUT2D eigenvalue weighted by atomic mass is 35.5. The summed E-state index contributed by atoms with van der Waals surface area (Å²) in [6.45, 7) is 5.45. The summed E-state index contributed by atoms with van der Waals surface area (Å²) in [5, 5.41) is 0.799. The second-order valence-electron chi connectivity index (χ2n) is 13.7. The molecule has 0 saturated heterocycles. The van der Waals surface area contributed by atoms with Gasteiger partial charge in [0.2, 0.25) is 0 Å². The van der Waals surface area contributed by atoms with Gasteiger partial charge in [0.15, 0.2) is 0 Å². The second kappa shape index (κ2) is 10.5. The van der Waals surface area contributed by atoms with Crippen LogP contribution in [-0.4, -0.2) is 106 Å². The predicted octanol–water partition coefficient (Wildman–Crippen LogP) is -8.50. The first-order valence-electron chi connectivity index (χ1n) is 13.8. The van der Waals surface area contributed by atoms with Crippen LogP contribution >= 0.6 is 11.6 Å². The van der Waals surface area contributed by atoms with Gasteiger partial charge in [-0.25, -0.2) is 0 Å². The van der Waals surface area contributed by atoms with Crippen molar-refractivity contribution in [3.05, 3.63) is 39.9 Å². The van der Waals surface area contributed by atoms with E-state index in [1.54, 1.807) is 5.56 Å². The number of hydrogen-bond acceptors (Lipinski definition) is 2. The first-order chi connectivity index (χ1) is 16.4. The molecule has 2 atom stereocenters. The molecule has 0 bridgehead atoms. The normalized spacial score (nSPS) is 18.5. The lowest BCUT2D eigenvalue weighted by molar-refractivity contribution is 0.0712. The molecular formula is C23H41B10ClN2. The van der Waals surface area contributed by atoms with Crippen LogP contribution < -0.4 is 33.0 Å². The Bertz CT molecular complexity index is 1120. The Hall–Kier alpha value is -0.701. The summed E-state index contributed by atoms with van der Waals surface area (Å²) in [6.07, 6.45) is 3.41. The molecule has 0 saturated carbocycles. The molecular weight excluding hydrogens is 448 g/mol. The zero-order valence-corrected chi connectivity index (χ0v) is 25.9. The molecule has 2 aromatic carbocycles. The molecule has 3 rings (SSSR count). The highest BCUT2D eigenvalue weighted by Crippen LogP contribution is 2.48. The third-order valence-corrected chi connectivity index (χ3v) is 9.51. The van der Waals surface area contributed by atoms with Crippen molar-refractivity contribution in [1.82, 2.24) is 4.90 Å². The second-order valence-corrected chi connectivity index (χ2v) is 14.1. The van der Waals surface area contributed by atoms with Gasteiger partial charge in [-0.1, -0.05) is 39.4 Å². The molecule has 0 unspecified atom stereocenters. The Morgan fingerprint density at radius 3 is 1.92 bits per heavy atom. The van der Waals surface area contributed by atoms with Crippen LogP contribution in [-0.2, 0) is 0 Å². The van der Waals surface area contributed by atoms with E-state index in [2.05, 4.69) is 115 Å². The number of fused-ring (bicyclic) bond motifs is 1. The van der Waals surface area contributed by atoms with Crippen LogP contribution in [0.2, 0.25) is 5.02 Å². The molecule has 13 heteroatoms. The standard InChI is InChI=1S/C23H41B10ClN2/c1-21(2,36(23(31,32)33)22(29,30)9-35)6-5-10-7-14(12-4-3-11(34)8-13(10)12)15-16(24)18(26)20(28)19(27)17(15)25/h3-4,8,10,14H,5-7,9,24-33,35H2,1-2H3/t10-,14-/m1/s1. The molecule has 0 amide bonds. The lowest BCUT2D eigenvalue weighted by atomic mass is 9.43. The van der Waals surface area contributed by atoms with Gasteiger partial charge < -0.3 is 10.6 Å². The summed E-state index contributed by atoms with van der Waals surface area (Å²) in [4.78, 5) is 2.65. The minimum absolute atomic E-state index is 0.0147. The predicted molar refractivity (Wildman–Crippen MR) is 190 cm³/mol. The highest BCUT2D eigenvalue weighted by molar-refractivity contribution is 6.67. The van der Waals surface area contributed by atoms with Crippen molar-refractivity contribution >= 4 is 117 Å². The summed E-state index contributed by atoms with van der Waals surface area (Å²) in [5.74, 6) is 0.939. The average Bonchev–Trinajstić information content (AvgIpc) is 3.11. The fourth-order valence-electron chi connectivity index (χ4n) is 7.72. The van der Waals surface area contributed by atoms with Crippen LogP contribution in [0.5, 0.6) is 0 Å². The number of rotatable bonds is 8. The fourth-order valence-corrected chi connectivity index (χ4v) is 7.90.